The average molecular weight is 304 g/mol. The molecule has 0 spiro atoms. The minimum atomic E-state index is 0. The summed E-state index contributed by atoms with van der Waals surface area (Å²) in [5, 5.41) is 0.562. The Morgan fingerprint density at radius 3 is 1.75 bits per heavy atom. The third-order valence-corrected chi connectivity index (χ3v) is 0. The summed E-state index contributed by atoms with van der Waals surface area (Å²) >= 11 is 2.47. The SMILES string of the molecule is O=CBr.[Pt]. The molecule has 0 aromatic carbocycles. The van der Waals surface area contributed by atoms with E-state index in [1.54, 1.807) is 0 Å². The van der Waals surface area contributed by atoms with Gasteiger partial charge in [-0.15, -0.1) is 0 Å². The van der Waals surface area contributed by atoms with Crippen LogP contribution in [0.1, 0.15) is 0 Å². The summed E-state index contributed by atoms with van der Waals surface area (Å²) in [6, 6.07) is 0. The van der Waals surface area contributed by atoms with E-state index in [1.165, 1.54) is 0 Å². The maximum atomic E-state index is 8.72. The molecule has 0 fully saturated rings. The van der Waals surface area contributed by atoms with Gasteiger partial charge in [0.05, 0.1) is 0 Å². The summed E-state index contributed by atoms with van der Waals surface area (Å²) < 4.78 is 0. The third-order valence-electron chi connectivity index (χ3n) is 0. The molecule has 0 saturated heterocycles. The van der Waals surface area contributed by atoms with E-state index >= 15 is 0 Å². The van der Waals surface area contributed by atoms with Gasteiger partial charge in [0.1, 0.15) is 0 Å². The molecule has 0 bridgehead atoms. The first-order valence-corrected chi connectivity index (χ1v) is 1.37. The van der Waals surface area contributed by atoms with Gasteiger partial charge in [-0.3, -0.25) is 4.79 Å². The van der Waals surface area contributed by atoms with Gasteiger partial charge in [-0.1, -0.05) is 0 Å². The van der Waals surface area contributed by atoms with Crippen LogP contribution in [-0.2, 0) is 25.9 Å². The third kappa shape index (κ3) is 13.6. The van der Waals surface area contributed by atoms with Gasteiger partial charge in [0.25, 0.3) is 0 Å². The Labute approximate surface area is 47.2 Å². The Hall–Kier alpha value is 0.838. The second-order valence-corrected chi connectivity index (χ2v) is 0.463. The maximum absolute atomic E-state index is 8.72. The molecule has 0 radical (unpaired) electrons. The van der Waals surface area contributed by atoms with Crippen LogP contribution in [0.4, 0.5) is 0 Å². The zero-order valence-corrected chi connectivity index (χ0v) is 5.54. The summed E-state index contributed by atoms with van der Waals surface area (Å²) in [7, 11) is 0. The summed E-state index contributed by atoms with van der Waals surface area (Å²) in [4.78, 5) is 8.72. The number of rotatable bonds is 0. The van der Waals surface area contributed by atoms with Crippen molar-refractivity contribution in [3.05, 3.63) is 0 Å². The van der Waals surface area contributed by atoms with Crippen molar-refractivity contribution >= 4 is 21.1 Å². The quantitative estimate of drug-likeness (QED) is 0.472. The molecule has 28 valence electrons. The minimum Gasteiger partial charge on any atom is -0.290 e. The van der Waals surface area contributed by atoms with Crippen LogP contribution < -0.4 is 0 Å². The molecule has 0 heterocycles. The van der Waals surface area contributed by atoms with Gasteiger partial charge in [0, 0.05) is 21.1 Å². The molecule has 0 N–H and O–H groups in total. The van der Waals surface area contributed by atoms with Crippen LogP contribution in [0, 0.1) is 0 Å². The van der Waals surface area contributed by atoms with Gasteiger partial charge in [-0.05, 0) is 15.9 Å². The molecular formula is CHBrOPt. The number of hydrogen-bond donors (Lipinski definition) is 0. The second-order valence-electron chi connectivity index (χ2n) is 0.0891. The van der Waals surface area contributed by atoms with Crippen LogP contribution in [0.2, 0.25) is 0 Å². The van der Waals surface area contributed by atoms with Gasteiger partial charge >= 0.3 is 0 Å². The Morgan fingerprint density at radius 1 is 1.75 bits per heavy atom. The molecule has 0 rings (SSSR count). The van der Waals surface area contributed by atoms with Crippen molar-refractivity contribution in [1.82, 2.24) is 0 Å². The van der Waals surface area contributed by atoms with E-state index in [4.69, 9.17) is 4.79 Å². The van der Waals surface area contributed by atoms with Gasteiger partial charge in [-0.25, -0.2) is 0 Å². The zero-order chi connectivity index (χ0) is 2.71. The standard InChI is InChI=1S/CHBrO.Pt/c2-1-3;/h1H;. The zero-order valence-electron chi connectivity index (χ0n) is 1.68. The fraction of sp³-hybridized carbons (Fsp3) is 0. The molecule has 1 nitrogen and oxygen atoms in total. The predicted molar refractivity (Wildman–Crippen MR) is 15.7 cm³/mol. The number of halogens is 1. The first kappa shape index (κ1) is 8.85. The second kappa shape index (κ2) is 9.15. The molecule has 3 heteroatoms. The van der Waals surface area contributed by atoms with Gasteiger partial charge in [0.2, 0.25) is 0 Å². The van der Waals surface area contributed by atoms with Crippen molar-refractivity contribution in [3.63, 3.8) is 0 Å². The molecule has 0 amide bonds. The summed E-state index contributed by atoms with van der Waals surface area (Å²) in [5.41, 5.74) is 0. The van der Waals surface area contributed by atoms with Crippen LogP contribution in [0.5, 0.6) is 0 Å². The topological polar surface area (TPSA) is 17.1 Å². The van der Waals surface area contributed by atoms with Gasteiger partial charge in [0.15, 0.2) is 5.20 Å². The van der Waals surface area contributed by atoms with E-state index in [0.29, 0.717) is 5.20 Å². The Balaban J connectivity index is 0. The summed E-state index contributed by atoms with van der Waals surface area (Å²) in [5.74, 6) is 0. The Bertz CT molecular complexity index is 15.5. The van der Waals surface area contributed by atoms with Crippen LogP contribution in [0.15, 0.2) is 0 Å². The van der Waals surface area contributed by atoms with Crippen molar-refractivity contribution in [1.29, 1.82) is 0 Å². The van der Waals surface area contributed by atoms with Crippen LogP contribution in [0.25, 0.3) is 0 Å². The molecule has 4 heavy (non-hydrogen) atoms. The molecule has 0 aromatic rings. The van der Waals surface area contributed by atoms with Crippen LogP contribution in [-0.4, -0.2) is 5.20 Å². The van der Waals surface area contributed by atoms with Crippen molar-refractivity contribution in [2.45, 2.75) is 0 Å². The molecule has 0 aliphatic heterocycles. The van der Waals surface area contributed by atoms with E-state index in [0.717, 1.165) is 0 Å². The van der Waals surface area contributed by atoms with E-state index in [2.05, 4.69) is 15.9 Å². The number of hydrogen-bond acceptors (Lipinski definition) is 1. The maximum Gasteiger partial charge on any atom is 0.185 e. The molecule has 0 aromatic heterocycles. The molecule has 0 atom stereocenters. The van der Waals surface area contributed by atoms with E-state index < -0.39 is 0 Å². The van der Waals surface area contributed by atoms with E-state index in [9.17, 15) is 0 Å². The van der Waals surface area contributed by atoms with Crippen LogP contribution >= 0.6 is 15.9 Å². The molecule has 0 unspecified atom stereocenters. The smallest absolute Gasteiger partial charge is 0.185 e. The van der Waals surface area contributed by atoms with Crippen molar-refractivity contribution in [3.8, 4) is 0 Å². The number of carbonyl (C=O) groups excluding carboxylic acids is 1. The predicted octanol–water partition coefficient (Wildman–Crippen LogP) is 0.569. The fourth-order valence-corrected chi connectivity index (χ4v) is 0. The monoisotopic (exact) mass is 303 g/mol. The largest absolute Gasteiger partial charge is 0.290 e. The summed E-state index contributed by atoms with van der Waals surface area (Å²) in [6.07, 6.45) is 0. The number of carbonyl (C=O) groups is 1. The fourth-order valence-electron chi connectivity index (χ4n) is 0. The molecule has 0 saturated carbocycles. The van der Waals surface area contributed by atoms with Gasteiger partial charge in [-0.2, -0.15) is 0 Å². The van der Waals surface area contributed by atoms with Gasteiger partial charge < -0.3 is 0 Å². The van der Waals surface area contributed by atoms with E-state index in [-0.39, 0.29) is 21.1 Å². The molecule has 0 aliphatic carbocycles. The Morgan fingerprint density at radius 2 is 1.75 bits per heavy atom. The van der Waals surface area contributed by atoms with Crippen molar-refractivity contribution in [2.75, 3.05) is 0 Å². The average Bonchev–Trinajstić information content (AvgIpc) is 0.918. The normalized spacial score (nSPS) is 3.25. The minimum absolute atomic E-state index is 0. The summed E-state index contributed by atoms with van der Waals surface area (Å²) in [6.45, 7) is 0. The molecule has 0 aliphatic rings. The Kier molecular flexibility index (Phi) is 20.2. The van der Waals surface area contributed by atoms with Crippen LogP contribution in [0.3, 0.4) is 0 Å². The molecular weight excluding hydrogens is 303 g/mol. The van der Waals surface area contributed by atoms with Crippen molar-refractivity contribution < 1.29 is 25.9 Å². The first-order valence-electron chi connectivity index (χ1n) is 0.454. The van der Waals surface area contributed by atoms with Crippen molar-refractivity contribution in [2.24, 2.45) is 0 Å². The first-order chi connectivity index (χ1) is 1.41. The van der Waals surface area contributed by atoms with E-state index in [1.807, 2.05) is 0 Å².